The predicted molar refractivity (Wildman–Crippen MR) is 63.7 cm³/mol. The van der Waals surface area contributed by atoms with Crippen LogP contribution in [-0.4, -0.2) is 10.7 Å². The molecule has 0 radical (unpaired) electrons. The highest BCUT2D eigenvalue weighted by molar-refractivity contribution is 4.94. The highest BCUT2D eigenvalue weighted by Gasteiger charge is 2.42. The van der Waals surface area contributed by atoms with Crippen LogP contribution in [-0.2, 0) is 0 Å². The van der Waals surface area contributed by atoms with Crippen molar-refractivity contribution in [2.75, 3.05) is 0 Å². The second-order valence-electron chi connectivity index (χ2n) is 6.29. The molecule has 88 valence electrons. The van der Waals surface area contributed by atoms with E-state index in [1.165, 1.54) is 38.5 Å². The third-order valence-corrected chi connectivity index (χ3v) is 4.57. The average molecular weight is 210 g/mol. The van der Waals surface area contributed by atoms with E-state index in [-0.39, 0.29) is 5.60 Å². The molecule has 2 atom stereocenters. The van der Waals surface area contributed by atoms with Crippen LogP contribution in [0.2, 0.25) is 0 Å². The van der Waals surface area contributed by atoms with Gasteiger partial charge in [0.25, 0.3) is 0 Å². The van der Waals surface area contributed by atoms with Crippen molar-refractivity contribution < 1.29 is 5.11 Å². The molecule has 2 aliphatic carbocycles. The zero-order chi connectivity index (χ0) is 10.9. The van der Waals surface area contributed by atoms with Crippen molar-refractivity contribution in [2.24, 2.45) is 17.8 Å². The Morgan fingerprint density at radius 2 is 1.47 bits per heavy atom. The fourth-order valence-corrected chi connectivity index (χ4v) is 4.12. The van der Waals surface area contributed by atoms with Gasteiger partial charge in [0.2, 0.25) is 0 Å². The Labute approximate surface area is 94.3 Å². The highest BCUT2D eigenvalue weighted by atomic mass is 16.3. The maximum atomic E-state index is 10.8. The van der Waals surface area contributed by atoms with Gasteiger partial charge in [-0.15, -0.1) is 0 Å². The normalized spacial score (nSPS) is 44.2. The molecule has 2 saturated carbocycles. The van der Waals surface area contributed by atoms with Gasteiger partial charge in [0, 0.05) is 0 Å². The Kier molecular flexibility index (Phi) is 3.39. The van der Waals surface area contributed by atoms with Gasteiger partial charge in [-0.3, -0.25) is 0 Å². The monoisotopic (exact) mass is 210 g/mol. The first-order valence-electron chi connectivity index (χ1n) is 6.82. The smallest absolute Gasteiger partial charge is 0.0680 e. The maximum Gasteiger partial charge on any atom is 0.0680 e. The van der Waals surface area contributed by atoms with Gasteiger partial charge in [-0.05, 0) is 49.9 Å². The fourth-order valence-electron chi connectivity index (χ4n) is 4.12. The van der Waals surface area contributed by atoms with E-state index < -0.39 is 0 Å². The van der Waals surface area contributed by atoms with Crippen molar-refractivity contribution in [3.05, 3.63) is 0 Å². The molecule has 0 aromatic rings. The summed E-state index contributed by atoms with van der Waals surface area (Å²) in [6, 6.07) is 0. The molecule has 1 nitrogen and oxygen atoms in total. The van der Waals surface area contributed by atoms with Crippen molar-refractivity contribution >= 4 is 0 Å². The first-order valence-corrected chi connectivity index (χ1v) is 6.82. The van der Waals surface area contributed by atoms with Crippen LogP contribution in [0.3, 0.4) is 0 Å². The van der Waals surface area contributed by atoms with Gasteiger partial charge in [0.15, 0.2) is 0 Å². The van der Waals surface area contributed by atoms with Crippen LogP contribution in [0.1, 0.15) is 65.2 Å². The van der Waals surface area contributed by atoms with Gasteiger partial charge >= 0.3 is 0 Å². The summed E-state index contributed by atoms with van der Waals surface area (Å²) in [6.07, 6.45) is 10.0. The molecule has 0 spiro atoms. The summed E-state index contributed by atoms with van der Waals surface area (Å²) in [4.78, 5) is 0. The molecule has 0 aliphatic heterocycles. The molecule has 2 fully saturated rings. The first-order chi connectivity index (χ1) is 7.10. The average Bonchev–Trinajstić information content (AvgIpc) is 2.17. The molecule has 2 aliphatic rings. The third-order valence-electron chi connectivity index (χ3n) is 4.57. The minimum Gasteiger partial charge on any atom is -0.390 e. The summed E-state index contributed by atoms with van der Waals surface area (Å²) in [5.74, 6) is 2.05. The summed E-state index contributed by atoms with van der Waals surface area (Å²) in [5.41, 5.74) is -0.308. The van der Waals surface area contributed by atoms with Gasteiger partial charge in [0.05, 0.1) is 5.60 Å². The SMILES string of the molecule is CC1CC(C)CC(O)(C2CCCCC2)C1. The van der Waals surface area contributed by atoms with Gasteiger partial charge < -0.3 is 5.11 Å². The first kappa shape index (κ1) is 11.4. The number of rotatable bonds is 1. The van der Waals surface area contributed by atoms with Gasteiger partial charge in [-0.1, -0.05) is 33.1 Å². The standard InChI is InChI=1S/C14H26O/c1-11-8-12(2)10-14(15,9-11)13-6-4-3-5-7-13/h11-13,15H,3-10H2,1-2H3. The Balaban J connectivity index is 2.02. The lowest BCUT2D eigenvalue weighted by Crippen LogP contribution is -2.45. The summed E-state index contributed by atoms with van der Waals surface area (Å²) < 4.78 is 0. The maximum absolute atomic E-state index is 10.8. The summed E-state index contributed by atoms with van der Waals surface area (Å²) in [6.45, 7) is 4.62. The van der Waals surface area contributed by atoms with E-state index in [4.69, 9.17) is 0 Å². The molecule has 2 rings (SSSR count). The quantitative estimate of drug-likeness (QED) is 0.699. The molecule has 0 aromatic heterocycles. The van der Waals surface area contributed by atoms with E-state index in [0.717, 1.165) is 24.7 Å². The fraction of sp³-hybridized carbons (Fsp3) is 1.00. The van der Waals surface area contributed by atoms with E-state index in [1.807, 2.05) is 0 Å². The molecule has 0 bridgehead atoms. The minimum absolute atomic E-state index is 0.308. The van der Waals surface area contributed by atoms with Gasteiger partial charge in [-0.2, -0.15) is 0 Å². The molecule has 0 heterocycles. The molecule has 1 N–H and O–H groups in total. The number of hydrogen-bond donors (Lipinski definition) is 1. The Bertz CT molecular complexity index is 195. The molecule has 2 unspecified atom stereocenters. The van der Waals surface area contributed by atoms with Crippen LogP contribution in [0, 0.1) is 17.8 Å². The van der Waals surface area contributed by atoms with E-state index in [2.05, 4.69) is 13.8 Å². The lowest BCUT2D eigenvalue weighted by Gasteiger charge is -2.45. The molecule has 0 aromatic carbocycles. The van der Waals surface area contributed by atoms with E-state index in [0.29, 0.717) is 5.92 Å². The highest BCUT2D eigenvalue weighted by Crippen LogP contribution is 2.45. The van der Waals surface area contributed by atoms with Gasteiger partial charge in [0.1, 0.15) is 0 Å². The topological polar surface area (TPSA) is 20.2 Å². The van der Waals surface area contributed by atoms with Crippen LogP contribution < -0.4 is 0 Å². The van der Waals surface area contributed by atoms with E-state index in [1.54, 1.807) is 0 Å². The molecule has 0 amide bonds. The van der Waals surface area contributed by atoms with Crippen molar-refractivity contribution in [3.8, 4) is 0 Å². The Morgan fingerprint density at radius 3 is 2.00 bits per heavy atom. The van der Waals surface area contributed by atoms with Crippen molar-refractivity contribution in [1.82, 2.24) is 0 Å². The molecule has 15 heavy (non-hydrogen) atoms. The van der Waals surface area contributed by atoms with Crippen LogP contribution in [0.5, 0.6) is 0 Å². The predicted octanol–water partition coefficient (Wildman–Crippen LogP) is 3.75. The Morgan fingerprint density at radius 1 is 0.933 bits per heavy atom. The van der Waals surface area contributed by atoms with E-state index >= 15 is 0 Å². The van der Waals surface area contributed by atoms with Crippen LogP contribution in [0.25, 0.3) is 0 Å². The molecular weight excluding hydrogens is 184 g/mol. The molecular formula is C14H26O. The lowest BCUT2D eigenvalue weighted by atomic mass is 9.65. The lowest BCUT2D eigenvalue weighted by molar-refractivity contribution is -0.0873. The van der Waals surface area contributed by atoms with Crippen molar-refractivity contribution in [3.63, 3.8) is 0 Å². The van der Waals surface area contributed by atoms with E-state index in [9.17, 15) is 5.11 Å². The molecule has 0 saturated heterocycles. The summed E-state index contributed by atoms with van der Waals surface area (Å²) in [5, 5.41) is 10.8. The summed E-state index contributed by atoms with van der Waals surface area (Å²) >= 11 is 0. The van der Waals surface area contributed by atoms with Crippen molar-refractivity contribution in [1.29, 1.82) is 0 Å². The Hall–Kier alpha value is -0.0400. The second kappa shape index (κ2) is 4.45. The number of hydrogen-bond acceptors (Lipinski definition) is 1. The number of aliphatic hydroxyl groups is 1. The zero-order valence-electron chi connectivity index (χ0n) is 10.3. The van der Waals surface area contributed by atoms with Crippen LogP contribution in [0.15, 0.2) is 0 Å². The summed E-state index contributed by atoms with van der Waals surface area (Å²) in [7, 11) is 0. The van der Waals surface area contributed by atoms with Crippen LogP contribution in [0.4, 0.5) is 0 Å². The zero-order valence-corrected chi connectivity index (χ0v) is 10.3. The largest absolute Gasteiger partial charge is 0.390 e. The second-order valence-corrected chi connectivity index (χ2v) is 6.29. The third kappa shape index (κ3) is 2.55. The molecule has 1 heteroatoms. The van der Waals surface area contributed by atoms with Crippen LogP contribution >= 0.6 is 0 Å². The van der Waals surface area contributed by atoms with Crippen molar-refractivity contribution in [2.45, 2.75) is 70.8 Å². The van der Waals surface area contributed by atoms with Gasteiger partial charge in [-0.25, -0.2) is 0 Å². The minimum atomic E-state index is -0.308.